The second kappa shape index (κ2) is 8.35. The Labute approximate surface area is 148 Å². The van der Waals surface area contributed by atoms with Crippen molar-refractivity contribution in [1.82, 2.24) is 5.43 Å². The van der Waals surface area contributed by atoms with E-state index < -0.39 is 0 Å². The Kier molecular flexibility index (Phi) is 6.20. The monoisotopic (exact) mass is 392 g/mol. The van der Waals surface area contributed by atoms with Gasteiger partial charge in [0.05, 0.1) is 26.9 Å². The Morgan fingerprint density at radius 3 is 2.67 bits per heavy atom. The number of rotatable bonds is 6. The number of hydrogen-bond acceptors (Lipinski definition) is 5. The summed E-state index contributed by atoms with van der Waals surface area (Å²) in [5.41, 5.74) is 3.69. The third kappa shape index (κ3) is 4.73. The molecule has 7 heteroatoms. The second-order valence-corrected chi connectivity index (χ2v) is 5.78. The number of methoxy groups -OCH3 is 2. The van der Waals surface area contributed by atoms with Gasteiger partial charge in [-0.3, -0.25) is 4.79 Å². The van der Waals surface area contributed by atoms with Gasteiger partial charge < -0.3 is 14.6 Å². The molecular formula is C17H17BrN2O4. The van der Waals surface area contributed by atoms with Crippen LogP contribution >= 0.6 is 15.9 Å². The first kappa shape index (κ1) is 17.8. The number of nitrogens with zero attached hydrogens (tertiary/aromatic N) is 1. The summed E-state index contributed by atoms with van der Waals surface area (Å²) in [7, 11) is 3.09. The number of benzene rings is 2. The maximum absolute atomic E-state index is 11.9. The van der Waals surface area contributed by atoms with Gasteiger partial charge in [-0.25, -0.2) is 5.43 Å². The number of phenolic OH excluding ortho intramolecular Hbond substituents is 1. The Bertz CT molecular complexity index is 762. The molecule has 2 rings (SSSR count). The first-order valence-electron chi connectivity index (χ1n) is 7.05. The molecule has 0 saturated carbocycles. The van der Waals surface area contributed by atoms with Crippen molar-refractivity contribution in [3.05, 3.63) is 52.0 Å². The highest BCUT2D eigenvalue weighted by molar-refractivity contribution is 9.10. The number of halogens is 1. The lowest BCUT2D eigenvalue weighted by Gasteiger charge is -2.09. The Morgan fingerprint density at radius 1 is 1.21 bits per heavy atom. The van der Waals surface area contributed by atoms with Gasteiger partial charge >= 0.3 is 0 Å². The van der Waals surface area contributed by atoms with Crippen LogP contribution in [-0.2, 0) is 11.2 Å². The van der Waals surface area contributed by atoms with Gasteiger partial charge in [-0.05, 0) is 35.9 Å². The number of amides is 1. The van der Waals surface area contributed by atoms with Crippen LogP contribution in [0.5, 0.6) is 17.2 Å². The van der Waals surface area contributed by atoms with Crippen LogP contribution in [0.4, 0.5) is 0 Å². The van der Waals surface area contributed by atoms with E-state index in [1.54, 1.807) is 37.4 Å². The predicted octanol–water partition coefficient (Wildman–Crippen LogP) is 2.86. The summed E-state index contributed by atoms with van der Waals surface area (Å²) in [5.74, 6) is 0.958. The van der Waals surface area contributed by atoms with Gasteiger partial charge in [-0.1, -0.05) is 22.0 Å². The Balaban J connectivity index is 1.98. The zero-order chi connectivity index (χ0) is 17.5. The summed E-state index contributed by atoms with van der Waals surface area (Å²) < 4.78 is 11.2. The third-order valence-electron chi connectivity index (χ3n) is 3.20. The van der Waals surface area contributed by atoms with Gasteiger partial charge in [0, 0.05) is 10.0 Å². The van der Waals surface area contributed by atoms with Crippen LogP contribution < -0.4 is 14.9 Å². The van der Waals surface area contributed by atoms with Crippen molar-refractivity contribution >= 4 is 28.1 Å². The number of carbonyl (C=O) groups is 1. The van der Waals surface area contributed by atoms with Gasteiger partial charge in [-0.2, -0.15) is 5.10 Å². The number of phenols is 1. The normalized spacial score (nSPS) is 10.6. The smallest absolute Gasteiger partial charge is 0.244 e. The molecule has 0 heterocycles. The van der Waals surface area contributed by atoms with Gasteiger partial charge in [0.2, 0.25) is 5.91 Å². The molecule has 2 N–H and O–H groups in total. The van der Waals surface area contributed by atoms with E-state index in [1.165, 1.54) is 19.4 Å². The van der Waals surface area contributed by atoms with Crippen molar-refractivity contribution < 1.29 is 19.4 Å². The van der Waals surface area contributed by atoms with Gasteiger partial charge in [0.15, 0.2) is 11.5 Å². The molecule has 0 saturated heterocycles. The van der Waals surface area contributed by atoms with Crippen LogP contribution in [0.25, 0.3) is 0 Å². The molecule has 0 fully saturated rings. The lowest BCUT2D eigenvalue weighted by molar-refractivity contribution is -0.120. The fraction of sp³-hybridized carbons (Fsp3) is 0.176. The van der Waals surface area contributed by atoms with Crippen LogP contribution in [0.3, 0.4) is 0 Å². The maximum Gasteiger partial charge on any atom is 0.244 e. The summed E-state index contributed by atoms with van der Waals surface area (Å²) in [5, 5.41) is 13.5. The summed E-state index contributed by atoms with van der Waals surface area (Å²) in [4.78, 5) is 11.9. The Hall–Kier alpha value is -2.54. The molecule has 0 atom stereocenters. The molecule has 0 aliphatic rings. The van der Waals surface area contributed by atoms with Crippen molar-refractivity contribution in [3.63, 3.8) is 0 Å². The minimum atomic E-state index is -0.284. The molecular weight excluding hydrogens is 376 g/mol. The number of hydrazone groups is 1. The molecule has 0 aliphatic carbocycles. The number of ether oxygens (including phenoxy) is 2. The number of nitrogens with one attached hydrogen (secondary N) is 1. The first-order chi connectivity index (χ1) is 11.5. The van der Waals surface area contributed by atoms with Crippen molar-refractivity contribution in [3.8, 4) is 17.2 Å². The quantitative estimate of drug-likeness (QED) is 0.584. The van der Waals surface area contributed by atoms with Crippen molar-refractivity contribution in [2.45, 2.75) is 6.42 Å². The van der Waals surface area contributed by atoms with Crippen molar-refractivity contribution in [1.29, 1.82) is 0 Å². The van der Waals surface area contributed by atoms with Crippen LogP contribution in [0.2, 0.25) is 0 Å². The van der Waals surface area contributed by atoms with Crippen molar-refractivity contribution in [2.24, 2.45) is 5.10 Å². The van der Waals surface area contributed by atoms with E-state index in [1.807, 2.05) is 0 Å². The largest absolute Gasteiger partial charge is 0.507 e. The minimum absolute atomic E-state index is 0.0797. The van der Waals surface area contributed by atoms with Gasteiger partial charge in [-0.15, -0.1) is 0 Å². The van der Waals surface area contributed by atoms with E-state index in [9.17, 15) is 9.90 Å². The number of aromatic hydroxyl groups is 1. The van der Waals surface area contributed by atoms with Crippen LogP contribution in [-0.4, -0.2) is 31.4 Å². The molecule has 24 heavy (non-hydrogen) atoms. The lowest BCUT2D eigenvalue weighted by atomic mass is 10.1. The van der Waals surface area contributed by atoms with E-state index >= 15 is 0 Å². The average molecular weight is 393 g/mol. The third-order valence-corrected chi connectivity index (χ3v) is 3.69. The highest BCUT2D eigenvalue weighted by atomic mass is 79.9. The summed E-state index contributed by atoms with van der Waals surface area (Å²) in [6.45, 7) is 0. The van der Waals surface area contributed by atoms with Gasteiger partial charge in [0.1, 0.15) is 5.75 Å². The second-order valence-electron chi connectivity index (χ2n) is 4.86. The molecule has 2 aromatic carbocycles. The van der Waals surface area contributed by atoms with Crippen LogP contribution in [0.1, 0.15) is 11.1 Å². The highest BCUT2D eigenvalue weighted by Gasteiger charge is 2.08. The standard InChI is InChI=1S/C17H17BrN2O4/c1-23-15-6-3-11(7-16(15)24-2)8-17(22)20-19-10-12-9-13(18)4-5-14(12)21/h3-7,9-10,21H,8H2,1-2H3,(H,20,22)/b19-10+. The average Bonchev–Trinajstić information content (AvgIpc) is 2.57. The van der Waals surface area contributed by atoms with E-state index in [0.717, 1.165) is 10.0 Å². The summed E-state index contributed by atoms with van der Waals surface area (Å²) in [6, 6.07) is 10.2. The first-order valence-corrected chi connectivity index (χ1v) is 7.84. The highest BCUT2D eigenvalue weighted by Crippen LogP contribution is 2.27. The molecule has 126 valence electrons. The topological polar surface area (TPSA) is 80.2 Å². The molecule has 0 aromatic heterocycles. The van der Waals surface area contributed by atoms with Crippen LogP contribution in [0, 0.1) is 0 Å². The molecule has 0 radical (unpaired) electrons. The van der Waals surface area contributed by atoms with Crippen LogP contribution in [0.15, 0.2) is 46.0 Å². The SMILES string of the molecule is COc1ccc(CC(=O)N/N=C/c2cc(Br)ccc2O)cc1OC. The number of carbonyl (C=O) groups excluding carboxylic acids is 1. The molecule has 0 spiro atoms. The lowest BCUT2D eigenvalue weighted by Crippen LogP contribution is -2.19. The van der Waals surface area contributed by atoms with Crippen molar-refractivity contribution in [2.75, 3.05) is 14.2 Å². The number of hydrogen-bond donors (Lipinski definition) is 2. The fourth-order valence-electron chi connectivity index (χ4n) is 2.02. The predicted molar refractivity (Wildman–Crippen MR) is 94.8 cm³/mol. The molecule has 6 nitrogen and oxygen atoms in total. The maximum atomic E-state index is 11.9. The molecule has 0 aliphatic heterocycles. The zero-order valence-electron chi connectivity index (χ0n) is 13.2. The van der Waals surface area contributed by atoms with E-state index in [-0.39, 0.29) is 18.1 Å². The fourth-order valence-corrected chi connectivity index (χ4v) is 2.40. The van der Waals surface area contributed by atoms with E-state index in [4.69, 9.17) is 9.47 Å². The summed E-state index contributed by atoms with van der Waals surface area (Å²) in [6.07, 6.45) is 1.52. The van der Waals surface area contributed by atoms with E-state index in [2.05, 4.69) is 26.5 Å². The molecule has 0 bridgehead atoms. The molecule has 2 aromatic rings. The minimum Gasteiger partial charge on any atom is -0.507 e. The van der Waals surface area contributed by atoms with Gasteiger partial charge in [0.25, 0.3) is 0 Å². The summed E-state index contributed by atoms with van der Waals surface area (Å²) >= 11 is 3.30. The van der Waals surface area contributed by atoms with E-state index in [0.29, 0.717) is 17.1 Å². The molecule has 1 amide bonds. The molecule has 0 unspecified atom stereocenters. The Morgan fingerprint density at radius 2 is 1.96 bits per heavy atom. The zero-order valence-corrected chi connectivity index (χ0v) is 14.8.